The SMILES string of the molecule is CCOC(=O)CN(CC)CCOC(=O)OCCN(CC)CC(=O)OCC. The minimum absolute atomic E-state index is 0.117. The smallest absolute Gasteiger partial charge is 0.465 e. The highest BCUT2D eigenvalue weighted by molar-refractivity contribution is 5.72. The Hall–Kier alpha value is -1.87. The van der Waals surface area contributed by atoms with Gasteiger partial charge in [-0.15, -0.1) is 0 Å². The lowest BCUT2D eigenvalue weighted by Gasteiger charge is -2.20. The van der Waals surface area contributed by atoms with Crippen LogP contribution in [0, 0.1) is 0 Å². The molecule has 0 atom stereocenters. The molecule has 0 amide bonds. The van der Waals surface area contributed by atoms with Crippen molar-refractivity contribution in [3.63, 3.8) is 0 Å². The van der Waals surface area contributed by atoms with Gasteiger partial charge < -0.3 is 18.9 Å². The van der Waals surface area contributed by atoms with Gasteiger partial charge in [-0.05, 0) is 26.9 Å². The third-order valence-corrected chi connectivity index (χ3v) is 3.47. The molecule has 0 saturated carbocycles. The topological polar surface area (TPSA) is 94.6 Å². The summed E-state index contributed by atoms with van der Waals surface area (Å²) in [6.45, 7) is 10.6. The van der Waals surface area contributed by atoms with E-state index in [0.29, 0.717) is 39.4 Å². The molecule has 0 aliphatic carbocycles. The first-order chi connectivity index (χ1) is 12.5. The molecule has 0 aromatic carbocycles. The van der Waals surface area contributed by atoms with Gasteiger partial charge in [0.2, 0.25) is 0 Å². The monoisotopic (exact) mass is 376 g/mol. The van der Waals surface area contributed by atoms with Crippen LogP contribution in [0.15, 0.2) is 0 Å². The summed E-state index contributed by atoms with van der Waals surface area (Å²) in [5.41, 5.74) is 0. The van der Waals surface area contributed by atoms with Crippen molar-refractivity contribution in [1.29, 1.82) is 0 Å². The van der Waals surface area contributed by atoms with E-state index in [1.165, 1.54) is 0 Å². The van der Waals surface area contributed by atoms with Crippen molar-refractivity contribution in [1.82, 2.24) is 9.80 Å². The number of hydrogen-bond donors (Lipinski definition) is 0. The van der Waals surface area contributed by atoms with Gasteiger partial charge in [0, 0.05) is 13.1 Å². The number of nitrogens with zero attached hydrogens (tertiary/aromatic N) is 2. The standard InChI is InChI=1S/C17H32N2O7/c1-5-18(13-15(20)23-7-3)9-11-25-17(22)26-12-10-19(6-2)14-16(21)24-8-4/h5-14H2,1-4H3. The Kier molecular flexibility index (Phi) is 14.3. The molecule has 0 aliphatic heterocycles. The number of likely N-dealkylation sites (N-methyl/N-ethyl adjacent to an activating group) is 2. The normalized spacial score (nSPS) is 10.7. The van der Waals surface area contributed by atoms with Gasteiger partial charge in [0.05, 0.1) is 26.3 Å². The second kappa shape index (κ2) is 15.4. The van der Waals surface area contributed by atoms with Gasteiger partial charge in [-0.25, -0.2) is 4.79 Å². The molecule has 9 nitrogen and oxygen atoms in total. The molecule has 152 valence electrons. The van der Waals surface area contributed by atoms with Crippen LogP contribution in [0.2, 0.25) is 0 Å². The number of hydrogen-bond acceptors (Lipinski definition) is 9. The zero-order chi connectivity index (χ0) is 19.8. The summed E-state index contributed by atoms with van der Waals surface area (Å²) in [5, 5.41) is 0. The van der Waals surface area contributed by atoms with Crippen LogP contribution in [0.25, 0.3) is 0 Å². The Labute approximate surface area is 155 Å². The predicted octanol–water partition coefficient (Wildman–Crippen LogP) is 0.910. The van der Waals surface area contributed by atoms with E-state index in [9.17, 15) is 14.4 Å². The second-order valence-corrected chi connectivity index (χ2v) is 5.29. The summed E-state index contributed by atoms with van der Waals surface area (Å²) in [7, 11) is 0. The van der Waals surface area contributed by atoms with Crippen LogP contribution in [0.4, 0.5) is 4.79 Å². The molecule has 0 N–H and O–H groups in total. The average Bonchev–Trinajstić information content (AvgIpc) is 2.60. The fraction of sp³-hybridized carbons (Fsp3) is 0.824. The molecule has 0 saturated heterocycles. The second-order valence-electron chi connectivity index (χ2n) is 5.29. The highest BCUT2D eigenvalue weighted by atomic mass is 16.7. The van der Waals surface area contributed by atoms with Gasteiger partial charge in [-0.2, -0.15) is 0 Å². The molecule has 0 fully saturated rings. The van der Waals surface area contributed by atoms with E-state index >= 15 is 0 Å². The quantitative estimate of drug-likeness (QED) is 0.324. The lowest BCUT2D eigenvalue weighted by molar-refractivity contribution is -0.145. The van der Waals surface area contributed by atoms with Crippen LogP contribution >= 0.6 is 0 Å². The number of ether oxygens (including phenoxy) is 4. The molecule has 0 unspecified atom stereocenters. The van der Waals surface area contributed by atoms with Crippen molar-refractivity contribution >= 4 is 18.1 Å². The zero-order valence-electron chi connectivity index (χ0n) is 16.3. The Morgan fingerprint density at radius 2 is 1.04 bits per heavy atom. The van der Waals surface area contributed by atoms with Gasteiger partial charge in [-0.1, -0.05) is 13.8 Å². The molecule has 0 spiro atoms. The highest BCUT2D eigenvalue weighted by Gasteiger charge is 2.13. The minimum atomic E-state index is -0.774. The Morgan fingerprint density at radius 1 is 0.654 bits per heavy atom. The van der Waals surface area contributed by atoms with Crippen LogP contribution in [-0.2, 0) is 28.5 Å². The molecule has 9 heteroatoms. The molecule has 0 aromatic rings. The van der Waals surface area contributed by atoms with Crippen molar-refractivity contribution < 1.29 is 33.3 Å². The Bertz CT molecular complexity index is 382. The van der Waals surface area contributed by atoms with Gasteiger partial charge in [0.25, 0.3) is 0 Å². The molecule has 0 radical (unpaired) electrons. The van der Waals surface area contributed by atoms with E-state index in [4.69, 9.17) is 18.9 Å². The maximum absolute atomic E-state index is 11.6. The highest BCUT2D eigenvalue weighted by Crippen LogP contribution is 1.95. The third kappa shape index (κ3) is 12.5. The molecule has 0 rings (SSSR count). The van der Waals surface area contributed by atoms with Crippen molar-refractivity contribution in [3.05, 3.63) is 0 Å². The van der Waals surface area contributed by atoms with E-state index in [2.05, 4.69) is 0 Å². The van der Waals surface area contributed by atoms with E-state index in [1.54, 1.807) is 13.8 Å². The molecule has 26 heavy (non-hydrogen) atoms. The Morgan fingerprint density at radius 3 is 1.35 bits per heavy atom. The molecular formula is C17H32N2O7. The summed E-state index contributed by atoms with van der Waals surface area (Å²) in [4.78, 5) is 38.0. The predicted molar refractivity (Wildman–Crippen MR) is 94.8 cm³/mol. The molecule has 0 heterocycles. The molecule has 0 aliphatic rings. The molecule has 0 bridgehead atoms. The summed E-state index contributed by atoms with van der Waals surface area (Å²) in [6, 6.07) is 0. The Balaban J connectivity index is 3.93. The van der Waals surface area contributed by atoms with Crippen LogP contribution < -0.4 is 0 Å². The summed E-state index contributed by atoms with van der Waals surface area (Å²) in [6.07, 6.45) is -0.774. The van der Waals surface area contributed by atoms with Crippen molar-refractivity contribution in [2.75, 3.05) is 65.7 Å². The first kappa shape index (κ1) is 24.1. The zero-order valence-corrected chi connectivity index (χ0v) is 16.3. The largest absolute Gasteiger partial charge is 0.508 e. The summed E-state index contributed by atoms with van der Waals surface area (Å²) >= 11 is 0. The first-order valence-corrected chi connectivity index (χ1v) is 9.02. The van der Waals surface area contributed by atoms with Crippen molar-refractivity contribution in [2.24, 2.45) is 0 Å². The lowest BCUT2D eigenvalue weighted by atomic mass is 10.4. The number of carbonyl (C=O) groups is 3. The number of esters is 2. The van der Waals surface area contributed by atoms with Crippen LogP contribution in [0.1, 0.15) is 27.7 Å². The van der Waals surface area contributed by atoms with Gasteiger partial charge in [0.15, 0.2) is 0 Å². The number of rotatable bonds is 14. The molecule has 0 aromatic heterocycles. The van der Waals surface area contributed by atoms with Gasteiger partial charge in [-0.3, -0.25) is 19.4 Å². The third-order valence-electron chi connectivity index (χ3n) is 3.47. The first-order valence-electron chi connectivity index (χ1n) is 9.02. The van der Waals surface area contributed by atoms with Gasteiger partial charge >= 0.3 is 18.1 Å². The van der Waals surface area contributed by atoms with E-state index in [-0.39, 0.29) is 38.2 Å². The van der Waals surface area contributed by atoms with Crippen LogP contribution in [-0.4, -0.2) is 93.6 Å². The van der Waals surface area contributed by atoms with E-state index < -0.39 is 6.16 Å². The maximum Gasteiger partial charge on any atom is 0.508 e. The average molecular weight is 376 g/mol. The van der Waals surface area contributed by atoms with E-state index in [1.807, 2.05) is 23.6 Å². The van der Waals surface area contributed by atoms with Crippen molar-refractivity contribution in [3.8, 4) is 0 Å². The van der Waals surface area contributed by atoms with Crippen molar-refractivity contribution in [2.45, 2.75) is 27.7 Å². The van der Waals surface area contributed by atoms with Crippen LogP contribution in [0.3, 0.4) is 0 Å². The van der Waals surface area contributed by atoms with Crippen LogP contribution in [0.5, 0.6) is 0 Å². The fourth-order valence-electron chi connectivity index (χ4n) is 2.03. The summed E-state index contributed by atoms with van der Waals surface area (Å²) in [5.74, 6) is -0.614. The maximum atomic E-state index is 11.6. The van der Waals surface area contributed by atoms with E-state index in [0.717, 1.165) is 0 Å². The fourth-order valence-corrected chi connectivity index (χ4v) is 2.03. The number of carbonyl (C=O) groups excluding carboxylic acids is 3. The summed E-state index contributed by atoms with van der Waals surface area (Å²) < 4.78 is 19.7. The minimum Gasteiger partial charge on any atom is -0.465 e. The lowest BCUT2D eigenvalue weighted by Crippen LogP contribution is -2.35. The molecular weight excluding hydrogens is 344 g/mol. The van der Waals surface area contributed by atoms with Gasteiger partial charge in [0.1, 0.15) is 13.2 Å².